The Balaban J connectivity index is 2.05. The number of nitrogens with zero attached hydrogens (tertiary/aromatic N) is 3. The average molecular weight is 263 g/mol. The lowest BCUT2D eigenvalue weighted by atomic mass is 9.98. The molecule has 0 aromatic carbocycles. The number of esters is 1. The molecule has 1 aromatic rings. The Morgan fingerprint density at radius 1 is 1.47 bits per heavy atom. The molecule has 19 heavy (non-hydrogen) atoms. The summed E-state index contributed by atoms with van der Waals surface area (Å²) in [6, 6.07) is 2.01. The molecule has 2 heterocycles. The first-order valence-electron chi connectivity index (χ1n) is 6.97. The first kappa shape index (κ1) is 13.8. The van der Waals surface area contributed by atoms with Crippen LogP contribution in [-0.2, 0) is 16.0 Å². The summed E-state index contributed by atoms with van der Waals surface area (Å²) in [6.07, 6.45) is 4.39. The third kappa shape index (κ3) is 3.43. The Hall–Kier alpha value is -1.65. The molecule has 0 spiro atoms. The zero-order valence-electron chi connectivity index (χ0n) is 11.6. The number of aryl methyl sites for hydroxylation is 1. The quantitative estimate of drug-likeness (QED) is 0.776. The highest BCUT2D eigenvalue weighted by Gasteiger charge is 2.27. The Kier molecular flexibility index (Phi) is 4.71. The van der Waals surface area contributed by atoms with Crippen LogP contribution in [0.5, 0.6) is 0 Å². The van der Waals surface area contributed by atoms with Gasteiger partial charge in [0.05, 0.1) is 12.5 Å². The minimum atomic E-state index is -0.0861. The van der Waals surface area contributed by atoms with E-state index in [1.807, 2.05) is 13.0 Å². The highest BCUT2D eigenvalue weighted by atomic mass is 16.5. The molecule has 0 amide bonds. The number of hydrogen-bond acceptors (Lipinski definition) is 5. The molecule has 0 aliphatic carbocycles. The van der Waals surface area contributed by atoms with E-state index in [0.717, 1.165) is 37.3 Å². The summed E-state index contributed by atoms with van der Waals surface area (Å²) in [7, 11) is 0. The van der Waals surface area contributed by atoms with Gasteiger partial charge in [0.2, 0.25) is 0 Å². The molecular weight excluding hydrogens is 242 g/mol. The van der Waals surface area contributed by atoms with E-state index >= 15 is 0 Å². The van der Waals surface area contributed by atoms with Gasteiger partial charge in [0.1, 0.15) is 12.1 Å². The number of carbonyl (C=O) groups excluding carboxylic acids is 1. The zero-order chi connectivity index (χ0) is 13.7. The van der Waals surface area contributed by atoms with E-state index in [2.05, 4.69) is 21.8 Å². The van der Waals surface area contributed by atoms with E-state index in [1.54, 1.807) is 6.33 Å². The number of carbonyl (C=O) groups is 1. The number of aromatic nitrogens is 2. The van der Waals surface area contributed by atoms with Crippen molar-refractivity contribution in [3.05, 3.63) is 18.1 Å². The van der Waals surface area contributed by atoms with Gasteiger partial charge in [-0.05, 0) is 26.2 Å². The molecule has 0 N–H and O–H groups in total. The summed E-state index contributed by atoms with van der Waals surface area (Å²) < 4.78 is 5.11. The third-order valence-electron chi connectivity index (χ3n) is 3.44. The van der Waals surface area contributed by atoms with Crippen LogP contribution in [0.25, 0.3) is 0 Å². The second kappa shape index (κ2) is 6.50. The van der Waals surface area contributed by atoms with Crippen molar-refractivity contribution in [2.45, 2.75) is 33.1 Å². The average Bonchev–Trinajstić information content (AvgIpc) is 2.48. The molecule has 1 aliphatic heterocycles. The lowest BCUT2D eigenvalue weighted by Gasteiger charge is -2.32. The molecule has 0 saturated carbocycles. The lowest BCUT2D eigenvalue weighted by Crippen LogP contribution is -2.39. The Morgan fingerprint density at radius 3 is 3.05 bits per heavy atom. The Morgan fingerprint density at radius 2 is 2.32 bits per heavy atom. The van der Waals surface area contributed by atoms with Crippen LogP contribution in [0.4, 0.5) is 5.82 Å². The van der Waals surface area contributed by atoms with Crippen LogP contribution in [0.15, 0.2) is 12.4 Å². The molecule has 1 unspecified atom stereocenters. The molecule has 1 fully saturated rings. The van der Waals surface area contributed by atoms with Gasteiger partial charge in [-0.15, -0.1) is 0 Å². The van der Waals surface area contributed by atoms with Crippen molar-refractivity contribution < 1.29 is 9.53 Å². The number of anilines is 1. The van der Waals surface area contributed by atoms with Crippen LogP contribution >= 0.6 is 0 Å². The van der Waals surface area contributed by atoms with Crippen molar-refractivity contribution in [2.24, 2.45) is 5.92 Å². The number of ether oxygens (including phenoxy) is 1. The molecule has 0 radical (unpaired) electrons. The summed E-state index contributed by atoms with van der Waals surface area (Å²) in [5.41, 5.74) is 1.03. The second-order valence-corrected chi connectivity index (χ2v) is 4.76. The standard InChI is InChI=1S/C14H21N3O2/c1-3-12-8-13(16-10-15-12)17-7-5-6-11(9-17)14(18)19-4-2/h8,10-11H,3-7,9H2,1-2H3. The molecule has 1 atom stereocenters. The normalized spacial score (nSPS) is 19.3. The SMILES string of the molecule is CCOC(=O)C1CCCN(c2cc(CC)ncn2)C1. The molecular formula is C14H21N3O2. The third-order valence-corrected chi connectivity index (χ3v) is 3.44. The van der Waals surface area contributed by atoms with Gasteiger partial charge in [-0.2, -0.15) is 0 Å². The van der Waals surface area contributed by atoms with Crippen molar-refractivity contribution in [1.29, 1.82) is 0 Å². The van der Waals surface area contributed by atoms with Gasteiger partial charge >= 0.3 is 5.97 Å². The maximum Gasteiger partial charge on any atom is 0.310 e. The smallest absolute Gasteiger partial charge is 0.310 e. The molecule has 104 valence electrons. The van der Waals surface area contributed by atoms with Crippen LogP contribution < -0.4 is 4.90 Å². The second-order valence-electron chi connectivity index (χ2n) is 4.76. The van der Waals surface area contributed by atoms with E-state index < -0.39 is 0 Å². The van der Waals surface area contributed by atoms with E-state index in [0.29, 0.717) is 13.2 Å². The van der Waals surface area contributed by atoms with Crippen molar-refractivity contribution in [2.75, 3.05) is 24.6 Å². The maximum atomic E-state index is 11.8. The Bertz CT molecular complexity index is 436. The molecule has 1 aromatic heterocycles. The van der Waals surface area contributed by atoms with Crippen molar-refractivity contribution in [3.8, 4) is 0 Å². The number of rotatable bonds is 4. The van der Waals surface area contributed by atoms with Crippen molar-refractivity contribution in [1.82, 2.24) is 9.97 Å². The fourth-order valence-electron chi connectivity index (χ4n) is 2.39. The fourth-order valence-corrected chi connectivity index (χ4v) is 2.39. The summed E-state index contributed by atoms with van der Waals surface area (Å²) in [5, 5.41) is 0. The van der Waals surface area contributed by atoms with E-state index in [4.69, 9.17) is 4.74 Å². The highest BCUT2D eigenvalue weighted by Crippen LogP contribution is 2.22. The van der Waals surface area contributed by atoms with Crippen molar-refractivity contribution in [3.63, 3.8) is 0 Å². The number of hydrogen-bond donors (Lipinski definition) is 0. The lowest BCUT2D eigenvalue weighted by molar-refractivity contribution is -0.148. The largest absolute Gasteiger partial charge is 0.466 e. The van der Waals surface area contributed by atoms with Gasteiger partial charge in [-0.3, -0.25) is 4.79 Å². The van der Waals surface area contributed by atoms with Gasteiger partial charge in [0.15, 0.2) is 0 Å². The minimum absolute atomic E-state index is 0.0336. The minimum Gasteiger partial charge on any atom is -0.466 e. The van der Waals surface area contributed by atoms with Gasteiger partial charge in [0, 0.05) is 24.8 Å². The van der Waals surface area contributed by atoms with Gasteiger partial charge in [0.25, 0.3) is 0 Å². The van der Waals surface area contributed by atoms with Crippen LogP contribution in [0.1, 0.15) is 32.4 Å². The topological polar surface area (TPSA) is 55.3 Å². The molecule has 5 heteroatoms. The number of piperidine rings is 1. The Labute approximate surface area is 114 Å². The first-order chi connectivity index (χ1) is 9.24. The van der Waals surface area contributed by atoms with Crippen LogP contribution in [0.2, 0.25) is 0 Å². The maximum absolute atomic E-state index is 11.8. The van der Waals surface area contributed by atoms with Gasteiger partial charge in [-0.1, -0.05) is 6.92 Å². The highest BCUT2D eigenvalue weighted by molar-refractivity contribution is 5.73. The zero-order valence-corrected chi connectivity index (χ0v) is 11.6. The predicted molar refractivity (Wildman–Crippen MR) is 73.0 cm³/mol. The molecule has 0 bridgehead atoms. The predicted octanol–water partition coefficient (Wildman–Crippen LogP) is 1.82. The summed E-state index contributed by atoms with van der Waals surface area (Å²) in [4.78, 5) is 22.5. The van der Waals surface area contributed by atoms with Crippen molar-refractivity contribution >= 4 is 11.8 Å². The fraction of sp³-hybridized carbons (Fsp3) is 0.643. The molecule has 1 aliphatic rings. The van der Waals surface area contributed by atoms with E-state index in [-0.39, 0.29) is 11.9 Å². The van der Waals surface area contributed by atoms with Crippen LogP contribution in [0.3, 0.4) is 0 Å². The van der Waals surface area contributed by atoms with Gasteiger partial charge < -0.3 is 9.64 Å². The van der Waals surface area contributed by atoms with E-state index in [9.17, 15) is 4.79 Å². The van der Waals surface area contributed by atoms with Crippen LogP contribution in [-0.4, -0.2) is 35.6 Å². The summed E-state index contributed by atoms with van der Waals surface area (Å²) in [5.74, 6) is 0.798. The summed E-state index contributed by atoms with van der Waals surface area (Å²) in [6.45, 7) is 6.00. The molecule has 2 rings (SSSR count). The summed E-state index contributed by atoms with van der Waals surface area (Å²) >= 11 is 0. The van der Waals surface area contributed by atoms with Gasteiger partial charge in [-0.25, -0.2) is 9.97 Å². The first-order valence-corrected chi connectivity index (χ1v) is 6.97. The molecule has 5 nitrogen and oxygen atoms in total. The monoisotopic (exact) mass is 263 g/mol. The van der Waals surface area contributed by atoms with Crippen LogP contribution in [0, 0.1) is 5.92 Å². The molecule has 1 saturated heterocycles. The van der Waals surface area contributed by atoms with E-state index in [1.165, 1.54) is 0 Å².